The summed E-state index contributed by atoms with van der Waals surface area (Å²) < 4.78 is 10.3. The van der Waals surface area contributed by atoms with E-state index in [1.54, 1.807) is 32.0 Å². The molecule has 0 spiro atoms. The van der Waals surface area contributed by atoms with Crippen LogP contribution in [0.2, 0.25) is 10.0 Å². The summed E-state index contributed by atoms with van der Waals surface area (Å²) in [6, 6.07) is 6.45. The number of aromatic nitrogens is 2. The number of carbonyl (C=O) groups is 3. The highest BCUT2D eigenvalue weighted by Crippen LogP contribution is 2.35. The van der Waals surface area contributed by atoms with Gasteiger partial charge in [-0.2, -0.15) is 5.10 Å². The molecular weight excluding hydrogens is 489 g/mol. The second kappa shape index (κ2) is 10.8. The Bertz CT molecular complexity index is 1200. The van der Waals surface area contributed by atoms with Gasteiger partial charge in [-0.15, -0.1) is 11.3 Å². The zero-order valence-corrected chi connectivity index (χ0v) is 20.4. The van der Waals surface area contributed by atoms with E-state index >= 15 is 0 Å². The molecule has 33 heavy (non-hydrogen) atoms. The molecular formula is C22H21Cl2N3O5S. The van der Waals surface area contributed by atoms with E-state index in [0.29, 0.717) is 33.3 Å². The van der Waals surface area contributed by atoms with Crippen molar-refractivity contribution >= 4 is 57.4 Å². The molecule has 0 atom stereocenters. The number of benzene rings is 1. The van der Waals surface area contributed by atoms with Crippen molar-refractivity contribution in [2.45, 2.75) is 27.2 Å². The van der Waals surface area contributed by atoms with Gasteiger partial charge in [0.05, 0.1) is 29.5 Å². The summed E-state index contributed by atoms with van der Waals surface area (Å²) in [5.74, 6) is -1.76. The Labute approximate surface area is 204 Å². The number of H-pyrrole nitrogens is 1. The monoisotopic (exact) mass is 509 g/mol. The molecule has 8 nitrogen and oxygen atoms in total. The van der Waals surface area contributed by atoms with Gasteiger partial charge in [0, 0.05) is 10.6 Å². The van der Waals surface area contributed by atoms with Crippen LogP contribution in [0.25, 0.3) is 11.3 Å². The number of esters is 2. The highest BCUT2D eigenvalue weighted by molar-refractivity contribution is 7.18. The third kappa shape index (κ3) is 5.55. The maximum absolute atomic E-state index is 12.9. The fourth-order valence-electron chi connectivity index (χ4n) is 2.95. The zero-order chi connectivity index (χ0) is 24.1. The first-order valence-corrected chi connectivity index (χ1v) is 11.6. The number of hydrogen-bond acceptors (Lipinski definition) is 7. The van der Waals surface area contributed by atoms with Crippen LogP contribution in [-0.4, -0.2) is 41.3 Å². The molecule has 0 aliphatic rings. The zero-order valence-electron chi connectivity index (χ0n) is 18.1. The average Bonchev–Trinajstić information content (AvgIpc) is 3.37. The van der Waals surface area contributed by atoms with Crippen molar-refractivity contribution in [2.75, 3.05) is 18.5 Å². The average molecular weight is 510 g/mol. The Morgan fingerprint density at radius 3 is 2.55 bits per heavy atom. The van der Waals surface area contributed by atoms with E-state index in [2.05, 4.69) is 15.5 Å². The van der Waals surface area contributed by atoms with Crippen LogP contribution in [0.5, 0.6) is 0 Å². The van der Waals surface area contributed by atoms with E-state index in [4.69, 9.17) is 32.7 Å². The van der Waals surface area contributed by atoms with Crippen LogP contribution >= 0.6 is 34.5 Å². The van der Waals surface area contributed by atoms with Crippen LogP contribution in [0.1, 0.15) is 56.3 Å². The fraction of sp³-hybridized carbons (Fsp3) is 0.273. The number of nitrogens with zero attached hydrogens (tertiary/aromatic N) is 1. The molecule has 1 amide bonds. The van der Waals surface area contributed by atoms with E-state index in [1.807, 2.05) is 6.92 Å². The van der Waals surface area contributed by atoms with E-state index in [0.717, 1.165) is 11.3 Å². The molecule has 3 rings (SSSR count). The van der Waals surface area contributed by atoms with Gasteiger partial charge in [-0.25, -0.2) is 9.59 Å². The molecule has 174 valence electrons. The first kappa shape index (κ1) is 24.8. The van der Waals surface area contributed by atoms with Crippen LogP contribution in [0.3, 0.4) is 0 Å². The largest absolute Gasteiger partial charge is 0.462 e. The van der Waals surface area contributed by atoms with Crippen molar-refractivity contribution in [3.8, 4) is 11.3 Å². The lowest BCUT2D eigenvalue weighted by Crippen LogP contribution is -2.15. The van der Waals surface area contributed by atoms with Gasteiger partial charge in [0.15, 0.2) is 0 Å². The van der Waals surface area contributed by atoms with E-state index in [-0.39, 0.29) is 34.3 Å². The lowest BCUT2D eigenvalue weighted by molar-refractivity contribution is 0.0506. The van der Waals surface area contributed by atoms with Crippen LogP contribution in [0, 0.1) is 6.92 Å². The highest BCUT2D eigenvalue weighted by Gasteiger charge is 2.28. The summed E-state index contributed by atoms with van der Waals surface area (Å²) in [7, 11) is 0. The molecule has 2 N–H and O–H groups in total. The maximum Gasteiger partial charge on any atom is 0.348 e. The van der Waals surface area contributed by atoms with E-state index in [9.17, 15) is 14.4 Å². The molecule has 0 aliphatic heterocycles. The molecule has 11 heteroatoms. The predicted molar refractivity (Wildman–Crippen MR) is 128 cm³/mol. The normalized spacial score (nSPS) is 10.7. The minimum atomic E-state index is -0.630. The van der Waals surface area contributed by atoms with Crippen molar-refractivity contribution in [1.82, 2.24) is 10.2 Å². The molecule has 0 saturated carbocycles. The van der Waals surface area contributed by atoms with Crippen LogP contribution in [0.15, 0.2) is 24.3 Å². The van der Waals surface area contributed by atoms with Gasteiger partial charge in [0.1, 0.15) is 15.6 Å². The molecule has 1 aromatic carbocycles. The molecule has 0 fully saturated rings. The first-order chi connectivity index (χ1) is 15.8. The van der Waals surface area contributed by atoms with Crippen LogP contribution in [0.4, 0.5) is 5.00 Å². The van der Waals surface area contributed by atoms with Gasteiger partial charge >= 0.3 is 11.9 Å². The van der Waals surface area contributed by atoms with Gasteiger partial charge in [-0.05, 0) is 50.1 Å². The Morgan fingerprint density at radius 2 is 1.88 bits per heavy atom. The molecule has 0 saturated heterocycles. The predicted octanol–water partition coefficient (Wildman–Crippen LogP) is 5.75. The van der Waals surface area contributed by atoms with Crippen molar-refractivity contribution in [2.24, 2.45) is 0 Å². The summed E-state index contributed by atoms with van der Waals surface area (Å²) in [5, 5.41) is 10.5. The molecule has 2 heterocycles. The Hall–Kier alpha value is -2.88. The highest BCUT2D eigenvalue weighted by atomic mass is 35.5. The number of thiophene rings is 1. The summed E-state index contributed by atoms with van der Waals surface area (Å²) in [6.45, 7) is 5.55. The second-order valence-electron chi connectivity index (χ2n) is 6.86. The number of halogens is 2. The molecule has 0 bridgehead atoms. The Kier molecular flexibility index (Phi) is 8.12. The lowest BCUT2D eigenvalue weighted by atomic mass is 10.1. The van der Waals surface area contributed by atoms with Gasteiger partial charge in [-0.3, -0.25) is 9.89 Å². The first-order valence-electron chi connectivity index (χ1n) is 10.1. The number of aromatic amines is 1. The van der Waals surface area contributed by atoms with Crippen molar-refractivity contribution in [3.05, 3.63) is 56.0 Å². The SMILES string of the molecule is CCCOC(=O)c1c(NC(=O)c2cc(-c3ccc(Cl)cc3Cl)n[nH]2)sc(C(=O)OCC)c1C. The number of anilines is 1. The molecule has 0 radical (unpaired) electrons. The lowest BCUT2D eigenvalue weighted by Gasteiger charge is -2.07. The Balaban J connectivity index is 1.91. The summed E-state index contributed by atoms with van der Waals surface area (Å²) >= 11 is 13.1. The van der Waals surface area contributed by atoms with Crippen LogP contribution in [-0.2, 0) is 9.47 Å². The third-order valence-electron chi connectivity index (χ3n) is 4.51. The van der Waals surface area contributed by atoms with Crippen molar-refractivity contribution in [1.29, 1.82) is 0 Å². The van der Waals surface area contributed by atoms with Gasteiger partial charge in [0.25, 0.3) is 5.91 Å². The van der Waals surface area contributed by atoms with Gasteiger partial charge in [0.2, 0.25) is 0 Å². The minimum absolute atomic E-state index is 0.116. The van der Waals surface area contributed by atoms with Gasteiger partial charge in [-0.1, -0.05) is 30.1 Å². The number of ether oxygens (including phenoxy) is 2. The summed E-state index contributed by atoms with van der Waals surface area (Å²) in [5.41, 5.74) is 1.67. The van der Waals surface area contributed by atoms with E-state index < -0.39 is 17.8 Å². The second-order valence-corrected chi connectivity index (χ2v) is 8.73. The quantitative estimate of drug-likeness (QED) is 0.374. The number of rotatable bonds is 8. The maximum atomic E-state index is 12.9. The number of hydrogen-bond donors (Lipinski definition) is 2. The molecule has 0 unspecified atom stereocenters. The fourth-order valence-corrected chi connectivity index (χ4v) is 4.54. The van der Waals surface area contributed by atoms with Gasteiger partial charge < -0.3 is 14.8 Å². The summed E-state index contributed by atoms with van der Waals surface area (Å²) in [4.78, 5) is 38.1. The number of nitrogens with one attached hydrogen (secondary N) is 2. The topological polar surface area (TPSA) is 110 Å². The Morgan fingerprint density at radius 1 is 1.12 bits per heavy atom. The molecule has 3 aromatic rings. The number of amides is 1. The van der Waals surface area contributed by atoms with E-state index in [1.165, 1.54) is 6.07 Å². The molecule has 0 aliphatic carbocycles. The molecule has 2 aromatic heterocycles. The standard InChI is InChI=1S/C22H21Cl2N3O5S/c1-4-8-32-21(29)17-11(3)18(22(30)31-5-2)33-20(17)25-19(28)16-10-15(26-27-16)13-7-6-12(23)9-14(13)24/h6-7,9-10H,4-5,8H2,1-3H3,(H,25,28)(H,26,27). The summed E-state index contributed by atoms with van der Waals surface area (Å²) in [6.07, 6.45) is 0.630. The third-order valence-corrected chi connectivity index (χ3v) is 6.24. The van der Waals surface area contributed by atoms with Crippen molar-refractivity contribution in [3.63, 3.8) is 0 Å². The van der Waals surface area contributed by atoms with Crippen LogP contribution < -0.4 is 5.32 Å². The van der Waals surface area contributed by atoms with Crippen molar-refractivity contribution < 1.29 is 23.9 Å². The smallest absolute Gasteiger partial charge is 0.348 e. The number of carbonyl (C=O) groups excluding carboxylic acids is 3. The minimum Gasteiger partial charge on any atom is -0.462 e.